The van der Waals surface area contributed by atoms with Gasteiger partial charge in [-0.05, 0) is 57.1 Å². The van der Waals surface area contributed by atoms with Crippen molar-refractivity contribution in [3.8, 4) is 17.1 Å². The fraction of sp³-hybridized carbons (Fsp3) is 0.348. The first-order chi connectivity index (χ1) is 14.6. The molecule has 0 N–H and O–H groups in total. The second-order valence-electron chi connectivity index (χ2n) is 7.87. The molecule has 0 saturated carbocycles. The Morgan fingerprint density at radius 3 is 2.67 bits per heavy atom. The largest absolute Gasteiger partial charge is 0.495 e. The molecule has 0 spiro atoms. The number of aromatic nitrogens is 2. The molecule has 0 radical (unpaired) electrons. The van der Waals surface area contributed by atoms with E-state index in [9.17, 15) is 14.0 Å². The number of ether oxygens (including phenoxy) is 1. The van der Waals surface area contributed by atoms with Crippen molar-refractivity contribution in [1.82, 2.24) is 14.5 Å². The van der Waals surface area contributed by atoms with Crippen LogP contribution in [0.3, 0.4) is 0 Å². The summed E-state index contributed by atoms with van der Waals surface area (Å²) in [5.74, 6) is -0.226. The first kappa shape index (κ1) is 18.9. The summed E-state index contributed by atoms with van der Waals surface area (Å²) < 4.78 is 20.8. The Kier molecular flexibility index (Phi) is 4.62. The molecule has 154 valence electrons. The molecule has 1 aliphatic heterocycles. The predicted molar refractivity (Wildman–Crippen MR) is 112 cm³/mol. The van der Waals surface area contributed by atoms with E-state index in [1.807, 2.05) is 0 Å². The monoisotopic (exact) mass is 407 g/mol. The van der Waals surface area contributed by atoms with Gasteiger partial charge in [0, 0.05) is 11.9 Å². The van der Waals surface area contributed by atoms with Crippen LogP contribution in [-0.2, 0) is 6.54 Å². The van der Waals surface area contributed by atoms with Gasteiger partial charge in [-0.3, -0.25) is 14.6 Å². The number of ketones is 1. The maximum Gasteiger partial charge on any atom is 0.259 e. The molecule has 2 aromatic heterocycles. The minimum Gasteiger partial charge on any atom is -0.495 e. The topological polar surface area (TPSA) is 64.4 Å². The maximum atomic E-state index is 13.9. The van der Waals surface area contributed by atoms with Gasteiger partial charge in [-0.1, -0.05) is 6.07 Å². The molecular formula is C23H22FN3O3. The summed E-state index contributed by atoms with van der Waals surface area (Å²) in [5, 5.41) is 0.692. The first-order valence-electron chi connectivity index (χ1n) is 10.3. The molecular weight excluding hydrogens is 385 g/mol. The Morgan fingerprint density at radius 1 is 1.10 bits per heavy atom. The number of hydrogen-bond acceptors (Lipinski definition) is 5. The number of carbonyl (C=O) groups is 1. The zero-order valence-electron chi connectivity index (χ0n) is 16.8. The summed E-state index contributed by atoms with van der Waals surface area (Å²) in [6.07, 6.45) is 4.73. The average Bonchev–Trinajstić information content (AvgIpc) is 3.37. The number of fused-ring (bicyclic) bond motifs is 5. The SMILES string of the molecule is COc1cnc2c(c1)C(=O)c1c-2n(CCCN2CCCC2)c(=O)c2cc(F)ccc12. The van der Waals surface area contributed by atoms with Crippen LogP contribution in [0.2, 0.25) is 0 Å². The molecule has 2 aliphatic rings. The molecule has 5 rings (SSSR count). The van der Waals surface area contributed by atoms with Crippen molar-refractivity contribution in [3.63, 3.8) is 0 Å². The molecule has 1 saturated heterocycles. The minimum absolute atomic E-state index is 0.212. The molecule has 6 nitrogen and oxygen atoms in total. The lowest BCUT2D eigenvalue weighted by Crippen LogP contribution is -2.27. The zero-order valence-corrected chi connectivity index (χ0v) is 16.8. The molecule has 1 aliphatic carbocycles. The number of methoxy groups -OCH3 is 1. The number of benzene rings is 1. The van der Waals surface area contributed by atoms with Gasteiger partial charge in [-0.2, -0.15) is 0 Å². The molecule has 1 fully saturated rings. The highest BCUT2D eigenvalue weighted by molar-refractivity contribution is 6.26. The van der Waals surface area contributed by atoms with Crippen LogP contribution < -0.4 is 10.3 Å². The van der Waals surface area contributed by atoms with Gasteiger partial charge in [0.1, 0.15) is 11.6 Å². The fourth-order valence-electron chi connectivity index (χ4n) is 4.62. The summed E-state index contributed by atoms with van der Waals surface area (Å²) in [5.41, 5.74) is 1.56. The molecule has 30 heavy (non-hydrogen) atoms. The maximum absolute atomic E-state index is 13.9. The van der Waals surface area contributed by atoms with Crippen molar-refractivity contribution < 1.29 is 13.9 Å². The zero-order chi connectivity index (χ0) is 20.8. The minimum atomic E-state index is -0.495. The molecule has 0 amide bonds. The fourth-order valence-corrected chi connectivity index (χ4v) is 4.62. The van der Waals surface area contributed by atoms with Crippen LogP contribution in [0.5, 0.6) is 5.75 Å². The summed E-state index contributed by atoms with van der Waals surface area (Å²) >= 11 is 0. The molecule has 0 unspecified atom stereocenters. The van der Waals surface area contributed by atoms with Crippen LogP contribution in [0.4, 0.5) is 4.39 Å². The van der Waals surface area contributed by atoms with E-state index in [1.165, 1.54) is 38.2 Å². The average molecular weight is 407 g/mol. The number of carbonyl (C=O) groups excluding carboxylic acids is 1. The number of hydrogen-bond donors (Lipinski definition) is 0. The van der Waals surface area contributed by atoms with Crippen LogP contribution in [0, 0.1) is 5.82 Å². The summed E-state index contributed by atoms with van der Waals surface area (Å²) in [7, 11) is 1.52. The number of pyridine rings is 2. The smallest absolute Gasteiger partial charge is 0.259 e. The Labute approximate surface area is 172 Å². The summed E-state index contributed by atoms with van der Waals surface area (Å²) in [6.45, 7) is 3.50. The van der Waals surface area contributed by atoms with Gasteiger partial charge in [0.05, 0.1) is 41.2 Å². The van der Waals surface area contributed by atoms with Crippen molar-refractivity contribution in [2.75, 3.05) is 26.7 Å². The van der Waals surface area contributed by atoms with Crippen LogP contribution in [0.25, 0.3) is 22.2 Å². The van der Waals surface area contributed by atoms with E-state index in [2.05, 4.69) is 9.88 Å². The molecule has 0 atom stereocenters. The Balaban J connectivity index is 1.67. The van der Waals surface area contributed by atoms with Gasteiger partial charge in [-0.25, -0.2) is 4.39 Å². The van der Waals surface area contributed by atoms with E-state index in [4.69, 9.17) is 4.74 Å². The van der Waals surface area contributed by atoms with Crippen LogP contribution in [0.15, 0.2) is 35.3 Å². The second kappa shape index (κ2) is 7.32. The molecule has 7 heteroatoms. The van der Waals surface area contributed by atoms with Gasteiger partial charge in [0.25, 0.3) is 5.56 Å². The third kappa shape index (κ3) is 2.92. The molecule has 0 bridgehead atoms. The second-order valence-corrected chi connectivity index (χ2v) is 7.87. The highest BCUT2D eigenvalue weighted by Gasteiger charge is 2.34. The lowest BCUT2D eigenvalue weighted by Gasteiger charge is -2.17. The molecule has 3 heterocycles. The molecule has 1 aromatic carbocycles. The number of nitrogens with zero attached hydrogens (tertiary/aromatic N) is 3. The van der Waals surface area contributed by atoms with Crippen LogP contribution >= 0.6 is 0 Å². The lowest BCUT2D eigenvalue weighted by molar-refractivity contribution is 0.104. The number of likely N-dealkylation sites (tertiary alicyclic amines) is 1. The van der Waals surface area contributed by atoms with E-state index in [-0.39, 0.29) is 16.7 Å². The lowest BCUT2D eigenvalue weighted by atomic mass is 10.0. The van der Waals surface area contributed by atoms with Gasteiger partial charge < -0.3 is 14.2 Å². The third-order valence-corrected chi connectivity index (χ3v) is 6.08. The van der Waals surface area contributed by atoms with Gasteiger partial charge in [0.2, 0.25) is 0 Å². The van der Waals surface area contributed by atoms with E-state index in [0.717, 1.165) is 26.1 Å². The van der Waals surface area contributed by atoms with Gasteiger partial charge >= 0.3 is 0 Å². The predicted octanol–water partition coefficient (Wildman–Crippen LogP) is 3.24. The van der Waals surface area contributed by atoms with Crippen LogP contribution in [-0.4, -0.2) is 47.0 Å². The quantitative estimate of drug-likeness (QED) is 0.508. The van der Waals surface area contributed by atoms with E-state index in [0.29, 0.717) is 40.2 Å². The third-order valence-electron chi connectivity index (χ3n) is 6.08. The first-order valence-corrected chi connectivity index (χ1v) is 10.3. The number of rotatable bonds is 5. The number of halogens is 1. The van der Waals surface area contributed by atoms with Crippen molar-refractivity contribution in [1.29, 1.82) is 0 Å². The van der Waals surface area contributed by atoms with Gasteiger partial charge in [-0.15, -0.1) is 0 Å². The summed E-state index contributed by atoms with van der Waals surface area (Å²) in [4.78, 5) is 33.4. The molecule has 3 aromatic rings. The highest BCUT2D eigenvalue weighted by Crippen LogP contribution is 2.39. The van der Waals surface area contributed by atoms with Crippen molar-refractivity contribution in [3.05, 3.63) is 57.8 Å². The van der Waals surface area contributed by atoms with Gasteiger partial charge in [0.15, 0.2) is 5.78 Å². The van der Waals surface area contributed by atoms with Crippen molar-refractivity contribution >= 4 is 16.6 Å². The standard InChI is InChI=1S/C23H22FN3O3/c1-30-15-12-18-20(25-13-15)21-19(22(18)28)16-6-5-14(24)11-17(16)23(29)27(21)10-4-9-26-7-2-3-8-26/h5-6,11-13H,2-4,7-10H2,1H3. The van der Waals surface area contributed by atoms with E-state index >= 15 is 0 Å². The van der Waals surface area contributed by atoms with Crippen molar-refractivity contribution in [2.45, 2.75) is 25.8 Å². The Bertz CT molecular complexity index is 1230. The normalized spacial score (nSPS) is 15.6. The Morgan fingerprint density at radius 2 is 1.90 bits per heavy atom. The summed E-state index contributed by atoms with van der Waals surface area (Å²) in [6, 6.07) is 5.67. The van der Waals surface area contributed by atoms with E-state index < -0.39 is 5.82 Å². The van der Waals surface area contributed by atoms with Crippen LogP contribution in [0.1, 0.15) is 35.2 Å². The Hall–Kier alpha value is -3.06. The van der Waals surface area contributed by atoms with E-state index in [1.54, 1.807) is 16.8 Å². The van der Waals surface area contributed by atoms with Crippen molar-refractivity contribution in [2.24, 2.45) is 0 Å². The highest BCUT2D eigenvalue weighted by atomic mass is 19.1.